The van der Waals surface area contributed by atoms with Crippen molar-refractivity contribution >= 4 is 43.7 Å². The molecular formula is C20H15BrN6. The smallest absolute Gasteiger partial charge is 0.240 e. The monoisotopic (exact) mass is 418 g/mol. The maximum atomic E-state index is 5.89. The zero-order valence-electron chi connectivity index (χ0n) is 14.4. The molecule has 0 aliphatic carbocycles. The Bertz CT molecular complexity index is 1320. The lowest BCUT2D eigenvalue weighted by Gasteiger charge is -2.07. The molecule has 2 aromatic carbocycles. The van der Waals surface area contributed by atoms with Gasteiger partial charge < -0.3 is 15.3 Å². The van der Waals surface area contributed by atoms with E-state index < -0.39 is 0 Å². The standard InChI is InChI=1S/C20H15BrN6/c1-27-10-15(12-4-2-3-5-17(12)27)19-18(24-20(22)26-25-19)14-9-23-16-7-6-11(21)8-13(14)16/h2-10,23H,1H3,(H2,22,24,26). The summed E-state index contributed by atoms with van der Waals surface area (Å²) in [6.07, 6.45) is 4.00. The van der Waals surface area contributed by atoms with Crippen LogP contribution in [0.15, 0.2) is 59.3 Å². The molecular weight excluding hydrogens is 404 g/mol. The lowest BCUT2D eigenvalue weighted by Crippen LogP contribution is -2.02. The molecule has 0 unspecified atom stereocenters. The number of nitrogens with one attached hydrogen (secondary N) is 1. The minimum Gasteiger partial charge on any atom is -0.366 e. The summed E-state index contributed by atoms with van der Waals surface area (Å²) in [6.45, 7) is 0. The van der Waals surface area contributed by atoms with Gasteiger partial charge in [-0.1, -0.05) is 34.1 Å². The number of hydrogen-bond acceptors (Lipinski definition) is 4. The maximum absolute atomic E-state index is 5.89. The van der Waals surface area contributed by atoms with Crippen molar-refractivity contribution in [2.75, 3.05) is 5.73 Å². The van der Waals surface area contributed by atoms with E-state index in [9.17, 15) is 0 Å². The van der Waals surface area contributed by atoms with Crippen molar-refractivity contribution in [2.24, 2.45) is 7.05 Å². The molecule has 0 fully saturated rings. The summed E-state index contributed by atoms with van der Waals surface area (Å²) in [4.78, 5) is 7.85. The van der Waals surface area contributed by atoms with Crippen LogP contribution in [-0.2, 0) is 7.05 Å². The summed E-state index contributed by atoms with van der Waals surface area (Å²) in [5.41, 5.74) is 11.4. The molecule has 0 amide bonds. The van der Waals surface area contributed by atoms with Gasteiger partial charge in [0.2, 0.25) is 5.95 Å². The fourth-order valence-corrected chi connectivity index (χ4v) is 3.89. The van der Waals surface area contributed by atoms with Crippen molar-refractivity contribution in [3.8, 4) is 22.5 Å². The van der Waals surface area contributed by atoms with Crippen molar-refractivity contribution in [1.82, 2.24) is 24.7 Å². The molecule has 3 N–H and O–H groups in total. The molecule has 7 heteroatoms. The molecule has 0 saturated heterocycles. The predicted molar refractivity (Wildman–Crippen MR) is 111 cm³/mol. The van der Waals surface area contributed by atoms with Crippen molar-refractivity contribution in [2.45, 2.75) is 0 Å². The van der Waals surface area contributed by atoms with Crippen LogP contribution < -0.4 is 5.73 Å². The number of nitrogens with two attached hydrogens (primary N) is 1. The summed E-state index contributed by atoms with van der Waals surface area (Å²) < 4.78 is 3.08. The Kier molecular flexibility index (Phi) is 3.51. The second-order valence-electron chi connectivity index (χ2n) is 6.43. The van der Waals surface area contributed by atoms with Gasteiger partial charge in [-0.25, -0.2) is 4.98 Å². The first-order valence-electron chi connectivity index (χ1n) is 8.43. The minimum atomic E-state index is 0.151. The summed E-state index contributed by atoms with van der Waals surface area (Å²) in [7, 11) is 2.02. The van der Waals surface area contributed by atoms with Gasteiger partial charge in [-0.3, -0.25) is 0 Å². The zero-order valence-corrected chi connectivity index (χ0v) is 16.0. The van der Waals surface area contributed by atoms with Crippen molar-refractivity contribution < 1.29 is 0 Å². The molecule has 132 valence electrons. The zero-order chi connectivity index (χ0) is 18.5. The highest BCUT2D eigenvalue weighted by Gasteiger charge is 2.19. The normalized spacial score (nSPS) is 11.5. The van der Waals surface area contributed by atoms with Gasteiger partial charge in [-0.2, -0.15) is 0 Å². The number of fused-ring (bicyclic) bond motifs is 2. The Morgan fingerprint density at radius 1 is 1.00 bits per heavy atom. The van der Waals surface area contributed by atoms with Crippen molar-refractivity contribution in [1.29, 1.82) is 0 Å². The van der Waals surface area contributed by atoms with Gasteiger partial charge in [0.25, 0.3) is 0 Å². The third kappa shape index (κ3) is 2.50. The van der Waals surface area contributed by atoms with E-state index in [0.29, 0.717) is 11.4 Å². The van der Waals surface area contributed by atoms with Crippen LogP contribution in [0.2, 0.25) is 0 Å². The van der Waals surface area contributed by atoms with Crippen LogP contribution >= 0.6 is 15.9 Å². The number of halogens is 1. The number of para-hydroxylation sites is 1. The number of nitrogen functional groups attached to an aromatic ring is 1. The number of rotatable bonds is 2. The molecule has 6 nitrogen and oxygen atoms in total. The Morgan fingerprint density at radius 3 is 2.74 bits per heavy atom. The number of aromatic nitrogens is 5. The number of hydrogen-bond donors (Lipinski definition) is 2. The topological polar surface area (TPSA) is 85.4 Å². The van der Waals surface area contributed by atoms with Gasteiger partial charge in [0, 0.05) is 56.8 Å². The molecule has 0 aliphatic heterocycles. The van der Waals surface area contributed by atoms with Crippen LogP contribution in [0.1, 0.15) is 0 Å². The number of aryl methyl sites for hydroxylation is 1. The van der Waals surface area contributed by atoms with E-state index in [-0.39, 0.29) is 5.95 Å². The quantitative estimate of drug-likeness (QED) is 0.441. The second-order valence-corrected chi connectivity index (χ2v) is 7.35. The molecule has 0 radical (unpaired) electrons. The van der Waals surface area contributed by atoms with Gasteiger partial charge in [-0.15, -0.1) is 10.2 Å². The van der Waals surface area contributed by atoms with Crippen LogP contribution in [0, 0.1) is 0 Å². The van der Waals surface area contributed by atoms with Crippen LogP contribution in [0.3, 0.4) is 0 Å². The van der Waals surface area contributed by atoms with Crippen LogP contribution in [0.5, 0.6) is 0 Å². The molecule has 0 bridgehead atoms. The summed E-state index contributed by atoms with van der Waals surface area (Å²) in [5, 5.41) is 10.6. The fourth-order valence-electron chi connectivity index (χ4n) is 3.53. The summed E-state index contributed by atoms with van der Waals surface area (Å²) >= 11 is 3.55. The molecule has 0 spiro atoms. The lowest BCUT2D eigenvalue weighted by atomic mass is 10.0. The van der Waals surface area contributed by atoms with Crippen molar-refractivity contribution in [3.63, 3.8) is 0 Å². The third-order valence-corrected chi connectivity index (χ3v) is 5.25. The average molecular weight is 419 g/mol. The molecule has 3 heterocycles. The van der Waals surface area contributed by atoms with Gasteiger partial charge in [0.15, 0.2) is 0 Å². The van der Waals surface area contributed by atoms with E-state index >= 15 is 0 Å². The van der Waals surface area contributed by atoms with E-state index in [1.807, 2.05) is 37.5 Å². The van der Waals surface area contributed by atoms with E-state index in [1.165, 1.54) is 0 Å². The maximum Gasteiger partial charge on any atom is 0.240 e. The predicted octanol–water partition coefficient (Wildman–Crippen LogP) is 4.52. The van der Waals surface area contributed by atoms with Gasteiger partial charge in [0.05, 0.1) is 0 Å². The van der Waals surface area contributed by atoms with E-state index in [1.54, 1.807) is 0 Å². The molecule has 0 saturated carbocycles. The number of nitrogens with zero attached hydrogens (tertiary/aromatic N) is 4. The Labute approximate surface area is 163 Å². The van der Waals surface area contributed by atoms with Gasteiger partial charge >= 0.3 is 0 Å². The number of aromatic amines is 1. The molecule has 5 aromatic rings. The third-order valence-electron chi connectivity index (χ3n) is 4.75. The molecule has 0 aliphatic rings. The molecule has 0 atom stereocenters. The minimum absolute atomic E-state index is 0.151. The molecule has 5 rings (SSSR count). The number of benzene rings is 2. The molecule has 27 heavy (non-hydrogen) atoms. The van der Waals surface area contributed by atoms with Gasteiger partial charge in [-0.05, 0) is 24.3 Å². The fraction of sp³-hybridized carbons (Fsp3) is 0.0500. The van der Waals surface area contributed by atoms with Crippen molar-refractivity contribution in [3.05, 3.63) is 59.3 Å². The molecule has 3 aromatic heterocycles. The van der Waals surface area contributed by atoms with Crippen LogP contribution in [-0.4, -0.2) is 24.7 Å². The first-order valence-corrected chi connectivity index (χ1v) is 9.23. The highest BCUT2D eigenvalue weighted by molar-refractivity contribution is 9.10. The number of anilines is 1. The Hall–Kier alpha value is -3.19. The Balaban J connectivity index is 1.84. The SMILES string of the molecule is Cn1cc(-c2nnc(N)nc2-c2c[nH]c3ccc(Br)cc23)c2ccccc21. The first-order chi connectivity index (χ1) is 13.1. The van der Waals surface area contributed by atoms with Gasteiger partial charge in [0.1, 0.15) is 11.4 Å². The highest BCUT2D eigenvalue weighted by Crippen LogP contribution is 2.37. The summed E-state index contributed by atoms with van der Waals surface area (Å²) in [6, 6.07) is 14.3. The highest BCUT2D eigenvalue weighted by atomic mass is 79.9. The summed E-state index contributed by atoms with van der Waals surface area (Å²) in [5.74, 6) is 0.151. The van der Waals surface area contributed by atoms with Crippen LogP contribution in [0.4, 0.5) is 5.95 Å². The second kappa shape index (κ2) is 5.92. The van der Waals surface area contributed by atoms with E-state index in [2.05, 4.69) is 65.1 Å². The first kappa shape index (κ1) is 16.0. The average Bonchev–Trinajstić information content (AvgIpc) is 3.23. The van der Waals surface area contributed by atoms with Crippen LogP contribution in [0.25, 0.3) is 44.3 Å². The van der Waals surface area contributed by atoms with E-state index in [4.69, 9.17) is 5.73 Å². The van der Waals surface area contributed by atoms with E-state index in [0.717, 1.165) is 37.4 Å². The lowest BCUT2D eigenvalue weighted by molar-refractivity contribution is 0.963. The number of H-pyrrole nitrogens is 1. The Morgan fingerprint density at radius 2 is 1.85 bits per heavy atom. The largest absolute Gasteiger partial charge is 0.366 e.